The van der Waals surface area contributed by atoms with Crippen LogP contribution in [0.3, 0.4) is 0 Å². The zero-order valence-corrected chi connectivity index (χ0v) is 51.8. The number of hydrogen-bond acceptors (Lipinski definition) is 12. The molecule has 0 aliphatic carbocycles. The van der Waals surface area contributed by atoms with Gasteiger partial charge in [0.05, 0.1) is 72.2 Å². The third kappa shape index (κ3) is 39.0. The predicted molar refractivity (Wildman–Crippen MR) is 321 cm³/mol. The van der Waals surface area contributed by atoms with E-state index in [1.54, 1.807) is 6.92 Å². The Morgan fingerprint density at radius 1 is 0.403 bits per heavy atom. The molecule has 0 saturated carbocycles. The summed E-state index contributed by atoms with van der Waals surface area (Å²) in [5.74, 6) is 4.31. The van der Waals surface area contributed by atoms with Crippen LogP contribution in [0.25, 0.3) is 0 Å². The summed E-state index contributed by atoms with van der Waals surface area (Å²) in [7, 11) is 0. The van der Waals surface area contributed by atoms with Crippen LogP contribution in [0.1, 0.15) is 195 Å². The topological polar surface area (TPSA) is 144 Å². The molecule has 4 aromatic carbocycles. The molecule has 7 atom stereocenters. The quantitative estimate of drug-likeness (QED) is 0.0316. The molecule has 0 radical (unpaired) electrons. The second kappa shape index (κ2) is 52.6. The summed E-state index contributed by atoms with van der Waals surface area (Å²) in [5, 5.41) is 26.1. The van der Waals surface area contributed by atoms with Crippen LogP contribution < -0.4 is 14.2 Å². The molecule has 4 rings (SSSR count). The maximum atomic E-state index is 8.82. The van der Waals surface area contributed by atoms with Gasteiger partial charge in [-0.15, -0.1) is 0 Å². The van der Waals surface area contributed by atoms with Crippen molar-refractivity contribution in [2.24, 2.45) is 0 Å². The summed E-state index contributed by atoms with van der Waals surface area (Å²) in [6.45, 7) is 42.9. The van der Waals surface area contributed by atoms with Crippen molar-refractivity contribution in [3.05, 3.63) is 125 Å². The molecular formula is C65H112O12. The van der Waals surface area contributed by atoms with Gasteiger partial charge in [-0.2, -0.15) is 0 Å². The molecule has 77 heavy (non-hydrogen) atoms. The molecular weight excluding hydrogens is 973 g/mol. The lowest BCUT2D eigenvalue weighted by Gasteiger charge is -2.22. The summed E-state index contributed by atoms with van der Waals surface area (Å²) < 4.78 is 48.7. The van der Waals surface area contributed by atoms with Gasteiger partial charge in [-0.05, 0) is 143 Å². The van der Waals surface area contributed by atoms with E-state index >= 15 is 0 Å². The molecule has 0 fully saturated rings. The standard InChI is InChI=1S/C25H36O5.C25H36O4.C7H16O3.4C2H6/c1-19-5-7-23(8-6-19)20(2)21(3)24-9-11-25(12-10-24)30-22(4)29-18-17-28-16-15-27-14-13-26;1-6-21(17-19(4)22-7-11-24(12-8-22)28-18(2)3)23-9-13-25(14-10-23)29-20(5)27-16-15-26;1-3-4-9-5-6-10-7(2)8;4*1-2/h5-12,20-22,26H,13-18H2,1-4H3;7-14,18-21,26H,6,15-17H2,1-5H3;7-8H,3-6H2,1-2H3;4*1-2H3. The Balaban J connectivity index is -0.00000109. The number of benzene rings is 4. The average molecular weight is 1090 g/mol. The molecule has 0 saturated heterocycles. The zero-order valence-electron chi connectivity index (χ0n) is 51.8. The number of aliphatic hydroxyl groups is 3. The van der Waals surface area contributed by atoms with Crippen LogP contribution in [0.2, 0.25) is 0 Å². The highest BCUT2D eigenvalue weighted by Crippen LogP contribution is 2.35. The maximum Gasteiger partial charge on any atom is 0.197 e. The van der Waals surface area contributed by atoms with Crippen molar-refractivity contribution in [2.75, 3.05) is 72.7 Å². The monoisotopic (exact) mass is 1080 g/mol. The Labute approximate surface area is 470 Å². The highest BCUT2D eigenvalue weighted by atomic mass is 16.7. The molecule has 12 heteroatoms. The van der Waals surface area contributed by atoms with Crippen molar-refractivity contribution in [1.29, 1.82) is 0 Å². The van der Waals surface area contributed by atoms with Crippen LogP contribution in [0, 0.1) is 6.92 Å². The van der Waals surface area contributed by atoms with Crippen molar-refractivity contribution in [1.82, 2.24) is 0 Å². The molecule has 0 bridgehead atoms. The van der Waals surface area contributed by atoms with E-state index in [9.17, 15) is 0 Å². The lowest BCUT2D eigenvalue weighted by molar-refractivity contribution is -0.0993. The van der Waals surface area contributed by atoms with E-state index in [1.807, 2.05) is 107 Å². The predicted octanol–water partition coefficient (Wildman–Crippen LogP) is 15.4. The summed E-state index contributed by atoms with van der Waals surface area (Å²) in [4.78, 5) is 0. The molecule has 7 unspecified atom stereocenters. The van der Waals surface area contributed by atoms with E-state index in [2.05, 4.69) is 114 Å². The van der Waals surface area contributed by atoms with Gasteiger partial charge in [0, 0.05) is 6.61 Å². The van der Waals surface area contributed by atoms with Crippen LogP contribution in [-0.4, -0.2) is 113 Å². The van der Waals surface area contributed by atoms with Gasteiger partial charge in [0.2, 0.25) is 0 Å². The third-order valence-electron chi connectivity index (χ3n) is 11.2. The molecule has 4 aromatic rings. The molecule has 0 aliphatic rings. The van der Waals surface area contributed by atoms with Crippen LogP contribution in [-0.2, 0) is 28.4 Å². The number of ether oxygens (including phenoxy) is 9. The van der Waals surface area contributed by atoms with Gasteiger partial charge < -0.3 is 58.0 Å². The highest BCUT2D eigenvalue weighted by molar-refractivity contribution is 5.34. The third-order valence-corrected chi connectivity index (χ3v) is 11.2. The van der Waals surface area contributed by atoms with Crippen molar-refractivity contribution >= 4 is 0 Å². The Morgan fingerprint density at radius 3 is 1.18 bits per heavy atom. The van der Waals surface area contributed by atoms with Gasteiger partial charge >= 0.3 is 0 Å². The maximum absolute atomic E-state index is 8.82. The summed E-state index contributed by atoms with van der Waals surface area (Å²) in [6, 6.07) is 33.8. The fraction of sp³-hybridized carbons (Fsp3) is 0.631. The van der Waals surface area contributed by atoms with Gasteiger partial charge in [0.25, 0.3) is 0 Å². The first kappa shape index (κ1) is 77.2. The fourth-order valence-electron chi connectivity index (χ4n) is 7.22. The van der Waals surface area contributed by atoms with Gasteiger partial charge in [0.1, 0.15) is 17.2 Å². The van der Waals surface area contributed by atoms with Crippen LogP contribution in [0.4, 0.5) is 0 Å². The summed E-state index contributed by atoms with van der Waals surface area (Å²) in [5.41, 5.74) is 6.61. The second-order valence-corrected chi connectivity index (χ2v) is 17.5. The minimum absolute atomic E-state index is 0.00349. The Bertz CT molecular complexity index is 1800. The van der Waals surface area contributed by atoms with Crippen molar-refractivity contribution in [3.63, 3.8) is 0 Å². The minimum atomic E-state index is -0.676. The SMILES string of the molecule is CC.CC.CC.CC.CCC(CC(C)c1ccc(OC(C)C)cc1)c1ccc(OC(C)OCCO)cc1.CCCOCCOC(C)O.Cc1ccc(C(C)C(C)c2ccc(OC(C)OCCOCCOCCO)cc2)cc1. The Kier molecular flexibility index (Phi) is 52.7. The van der Waals surface area contributed by atoms with Crippen molar-refractivity contribution in [3.8, 4) is 17.2 Å². The molecule has 0 aromatic heterocycles. The number of rotatable bonds is 32. The van der Waals surface area contributed by atoms with Crippen molar-refractivity contribution in [2.45, 2.75) is 199 Å². The van der Waals surface area contributed by atoms with Crippen molar-refractivity contribution < 1.29 is 58.0 Å². The molecule has 0 aliphatic heterocycles. The molecule has 444 valence electrons. The van der Waals surface area contributed by atoms with Gasteiger partial charge in [-0.1, -0.05) is 156 Å². The van der Waals surface area contributed by atoms with Crippen LogP contribution >= 0.6 is 0 Å². The smallest absolute Gasteiger partial charge is 0.197 e. The van der Waals surface area contributed by atoms with Gasteiger partial charge in [0.15, 0.2) is 18.9 Å². The Hall–Kier alpha value is -4.08. The average Bonchev–Trinajstić information content (AvgIpc) is 3.45. The number of hydrogen-bond donors (Lipinski definition) is 3. The first-order valence-electron chi connectivity index (χ1n) is 29.0. The van der Waals surface area contributed by atoms with Crippen LogP contribution in [0.15, 0.2) is 97.1 Å². The second-order valence-electron chi connectivity index (χ2n) is 17.5. The summed E-state index contributed by atoms with van der Waals surface area (Å²) in [6.07, 6.45) is 2.00. The normalized spacial score (nSPS) is 13.1. The van der Waals surface area contributed by atoms with E-state index in [1.165, 1.54) is 27.8 Å². The van der Waals surface area contributed by atoms with Gasteiger partial charge in [-0.3, -0.25) is 0 Å². The number of aryl methyl sites for hydroxylation is 1. The lowest BCUT2D eigenvalue weighted by atomic mass is 9.84. The lowest BCUT2D eigenvalue weighted by Crippen LogP contribution is -2.19. The summed E-state index contributed by atoms with van der Waals surface area (Å²) >= 11 is 0. The molecule has 12 nitrogen and oxygen atoms in total. The molecule has 3 N–H and O–H groups in total. The molecule has 0 amide bonds. The van der Waals surface area contributed by atoms with Crippen LogP contribution in [0.5, 0.6) is 17.2 Å². The first-order valence-corrected chi connectivity index (χ1v) is 29.0. The zero-order chi connectivity index (χ0) is 58.8. The van der Waals surface area contributed by atoms with E-state index in [0.29, 0.717) is 69.9 Å². The van der Waals surface area contributed by atoms with E-state index in [4.69, 9.17) is 58.0 Å². The van der Waals surface area contributed by atoms with Gasteiger partial charge in [-0.25, -0.2) is 0 Å². The molecule has 0 heterocycles. The van der Waals surface area contributed by atoms with E-state index in [0.717, 1.165) is 43.1 Å². The van der Waals surface area contributed by atoms with E-state index in [-0.39, 0.29) is 38.5 Å². The minimum Gasteiger partial charge on any atom is -0.491 e. The largest absolute Gasteiger partial charge is 0.491 e. The first-order chi connectivity index (χ1) is 37.2. The molecule has 0 spiro atoms. The highest BCUT2D eigenvalue weighted by Gasteiger charge is 2.18. The Morgan fingerprint density at radius 2 is 0.766 bits per heavy atom. The van der Waals surface area contributed by atoms with E-state index < -0.39 is 6.29 Å². The fourth-order valence-corrected chi connectivity index (χ4v) is 7.22. The number of aliphatic hydroxyl groups excluding tert-OH is 3.